The first-order chi connectivity index (χ1) is 12.1. The molecule has 142 valence electrons. The summed E-state index contributed by atoms with van der Waals surface area (Å²) in [5.41, 5.74) is 5.41. The van der Waals surface area contributed by atoms with Crippen LogP contribution in [0.3, 0.4) is 0 Å². The summed E-state index contributed by atoms with van der Waals surface area (Å²) >= 11 is 0. The highest BCUT2D eigenvalue weighted by molar-refractivity contribution is 6.01. The average molecular weight is 361 g/mol. The van der Waals surface area contributed by atoms with E-state index in [4.69, 9.17) is 10.5 Å². The molecule has 0 aromatic heterocycles. The number of guanidine groups is 1. The molecule has 0 saturated carbocycles. The summed E-state index contributed by atoms with van der Waals surface area (Å²) in [7, 11) is 1.59. The smallest absolute Gasteiger partial charge is 0.237 e. The van der Waals surface area contributed by atoms with Gasteiger partial charge in [0.05, 0.1) is 11.5 Å². The van der Waals surface area contributed by atoms with Gasteiger partial charge in [0.2, 0.25) is 5.91 Å². The van der Waals surface area contributed by atoms with Crippen molar-refractivity contribution in [3.63, 3.8) is 0 Å². The van der Waals surface area contributed by atoms with Crippen molar-refractivity contribution < 1.29 is 13.9 Å². The van der Waals surface area contributed by atoms with E-state index in [-0.39, 0.29) is 23.8 Å². The molecule has 2 unspecified atom stereocenters. The predicted molar refractivity (Wildman–Crippen MR) is 99.2 cm³/mol. The van der Waals surface area contributed by atoms with Gasteiger partial charge in [0.25, 0.3) is 0 Å². The molecule has 3 rings (SSSR count). The molecular formula is C20H28FN3O2. The van der Waals surface area contributed by atoms with E-state index in [0.717, 1.165) is 25.0 Å². The zero-order chi connectivity index (χ0) is 19.3. The lowest BCUT2D eigenvalue weighted by Crippen LogP contribution is -2.58. The van der Waals surface area contributed by atoms with Crippen LogP contribution in [-0.4, -0.2) is 36.5 Å². The van der Waals surface area contributed by atoms with E-state index >= 15 is 0 Å². The van der Waals surface area contributed by atoms with Gasteiger partial charge in [-0.3, -0.25) is 9.69 Å². The second kappa shape index (κ2) is 6.34. The molecule has 0 bridgehead atoms. The Morgan fingerprint density at radius 3 is 2.69 bits per heavy atom. The third kappa shape index (κ3) is 2.80. The third-order valence-corrected chi connectivity index (χ3v) is 6.32. The van der Waals surface area contributed by atoms with Crippen molar-refractivity contribution in [1.82, 2.24) is 4.90 Å². The van der Waals surface area contributed by atoms with Gasteiger partial charge in [-0.15, -0.1) is 0 Å². The molecule has 6 heteroatoms. The molecule has 0 aliphatic carbocycles. The molecule has 1 amide bonds. The Hall–Kier alpha value is -1.95. The molecule has 1 fully saturated rings. The fourth-order valence-corrected chi connectivity index (χ4v) is 3.99. The van der Waals surface area contributed by atoms with E-state index in [1.165, 1.54) is 11.0 Å². The minimum Gasteiger partial charge on any atom is -0.378 e. The number of nitrogens with two attached hydrogens (primary N) is 1. The Bertz CT molecular complexity index is 761. The van der Waals surface area contributed by atoms with Crippen molar-refractivity contribution in [2.75, 3.05) is 13.7 Å². The van der Waals surface area contributed by atoms with Gasteiger partial charge >= 0.3 is 0 Å². The summed E-state index contributed by atoms with van der Waals surface area (Å²) in [6.45, 7) is 8.22. The van der Waals surface area contributed by atoms with Crippen molar-refractivity contribution in [3.05, 3.63) is 35.1 Å². The first-order valence-corrected chi connectivity index (χ1v) is 9.12. The highest BCUT2D eigenvalue weighted by atomic mass is 19.1. The Kier molecular flexibility index (Phi) is 4.59. The number of nitrogens with zero attached hydrogens (tertiary/aromatic N) is 2. The number of amides is 1. The maximum atomic E-state index is 14.8. The van der Waals surface area contributed by atoms with Crippen molar-refractivity contribution in [3.8, 4) is 0 Å². The van der Waals surface area contributed by atoms with Gasteiger partial charge in [0.15, 0.2) is 5.96 Å². The van der Waals surface area contributed by atoms with Crippen LogP contribution in [0.1, 0.15) is 45.2 Å². The van der Waals surface area contributed by atoms with Gasteiger partial charge in [-0.05, 0) is 58.1 Å². The van der Waals surface area contributed by atoms with Crippen molar-refractivity contribution >= 4 is 11.9 Å². The van der Waals surface area contributed by atoms with Crippen molar-refractivity contribution in [2.24, 2.45) is 22.1 Å². The van der Waals surface area contributed by atoms with Crippen molar-refractivity contribution in [1.29, 1.82) is 0 Å². The monoisotopic (exact) mass is 361 g/mol. The molecule has 1 aromatic carbocycles. The summed E-state index contributed by atoms with van der Waals surface area (Å²) in [6, 6.07) is 5.13. The zero-order valence-corrected chi connectivity index (χ0v) is 16.2. The number of carbonyl (C=O) groups excluding carboxylic acids is 1. The van der Waals surface area contributed by atoms with Crippen LogP contribution in [0.25, 0.3) is 0 Å². The maximum absolute atomic E-state index is 14.8. The summed E-state index contributed by atoms with van der Waals surface area (Å²) in [6.07, 6.45) is 2.03. The molecule has 5 nitrogen and oxygen atoms in total. The third-order valence-electron chi connectivity index (χ3n) is 6.32. The highest BCUT2D eigenvalue weighted by Gasteiger charge is 2.53. The Morgan fingerprint density at radius 1 is 1.38 bits per heavy atom. The van der Waals surface area contributed by atoms with Crippen LogP contribution >= 0.6 is 0 Å². The van der Waals surface area contributed by atoms with Gasteiger partial charge in [0.1, 0.15) is 11.4 Å². The molecule has 0 spiro atoms. The fourth-order valence-electron chi connectivity index (χ4n) is 3.99. The second-order valence-electron chi connectivity index (χ2n) is 8.17. The summed E-state index contributed by atoms with van der Waals surface area (Å²) in [5, 5.41) is 0. The van der Waals surface area contributed by atoms with Gasteiger partial charge in [-0.25, -0.2) is 9.38 Å². The lowest BCUT2D eigenvalue weighted by atomic mass is 9.67. The molecule has 2 heterocycles. The highest BCUT2D eigenvalue weighted by Crippen LogP contribution is 2.47. The van der Waals surface area contributed by atoms with Crippen LogP contribution in [0.2, 0.25) is 0 Å². The fraction of sp³-hybridized carbons (Fsp3) is 0.600. The molecule has 0 radical (unpaired) electrons. The Morgan fingerprint density at radius 2 is 2.08 bits per heavy atom. The quantitative estimate of drug-likeness (QED) is 0.900. The SMILES string of the molecule is CC1OCCC1Cc1ccc(F)c([C@@]2(C)N=C(N)N(C)C(=O)C2(C)C)c1. The Labute approximate surface area is 154 Å². The lowest BCUT2D eigenvalue weighted by Gasteiger charge is -2.46. The summed E-state index contributed by atoms with van der Waals surface area (Å²) in [5.74, 6) is -0.00895. The summed E-state index contributed by atoms with van der Waals surface area (Å²) < 4.78 is 20.5. The Balaban J connectivity index is 2.04. The minimum atomic E-state index is -1.07. The molecule has 3 atom stereocenters. The van der Waals surface area contributed by atoms with Gasteiger partial charge < -0.3 is 10.5 Å². The van der Waals surface area contributed by atoms with E-state index < -0.39 is 11.0 Å². The van der Waals surface area contributed by atoms with E-state index in [1.54, 1.807) is 27.8 Å². The van der Waals surface area contributed by atoms with Crippen molar-refractivity contribution in [2.45, 2.75) is 52.2 Å². The van der Waals surface area contributed by atoms with E-state index in [1.807, 2.05) is 12.1 Å². The molecule has 2 aliphatic rings. The minimum absolute atomic E-state index is 0.111. The number of carbonyl (C=O) groups is 1. The van der Waals surface area contributed by atoms with Crippen LogP contribution in [0, 0.1) is 17.2 Å². The van der Waals surface area contributed by atoms with Crippen LogP contribution in [0.4, 0.5) is 4.39 Å². The van der Waals surface area contributed by atoms with Gasteiger partial charge in [-0.2, -0.15) is 0 Å². The number of hydrogen-bond acceptors (Lipinski definition) is 4. The van der Waals surface area contributed by atoms with Crippen LogP contribution < -0.4 is 5.73 Å². The summed E-state index contributed by atoms with van der Waals surface area (Å²) in [4.78, 5) is 18.7. The first kappa shape index (κ1) is 18.8. The molecule has 2 aliphatic heterocycles. The lowest BCUT2D eigenvalue weighted by molar-refractivity contribution is -0.140. The predicted octanol–water partition coefficient (Wildman–Crippen LogP) is 2.82. The van der Waals surface area contributed by atoms with E-state index in [0.29, 0.717) is 11.5 Å². The molecular weight excluding hydrogens is 333 g/mol. The molecule has 1 saturated heterocycles. The number of aliphatic imine (C=N–C) groups is 1. The number of ether oxygens (including phenoxy) is 1. The standard InChI is InChI=1S/C20H28FN3O2/c1-12-14(8-9-26-12)10-13-6-7-16(21)15(11-13)20(4)19(2,3)17(25)24(5)18(22)23-20/h6-7,11-12,14H,8-10H2,1-5H3,(H2,22,23)/t12?,14?,20-/m1/s1. The average Bonchev–Trinajstić information content (AvgIpc) is 2.98. The van der Waals surface area contributed by atoms with Crippen LogP contribution in [0.5, 0.6) is 0 Å². The number of benzene rings is 1. The van der Waals surface area contributed by atoms with Gasteiger partial charge in [-0.1, -0.05) is 12.1 Å². The van der Waals surface area contributed by atoms with E-state index in [2.05, 4.69) is 11.9 Å². The largest absolute Gasteiger partial charge is 0.378 e. The number of hydrogen-bond donors (Lipinski definition) is 1. The van der Waals surface area contributed by atoms with Gasteiger partial charge in [0, 0.05) is 19.2 Å². The normalized spacial score (nSPS) is 31.2. The number of rotatable bonds is 3. The molecule has 2 N–H and O–H groups in total. The van der Waals surface area contributed by atoms with Crippen LogP contribution in [-0.2, 0) is 21.5 Å². The second-order valence-corrected chi connectivity index (χ2v) is 8.17. The van der Waals surface area contributed by atoms with Crippen LogP contribution in [0.15, 0.2) is 23.2 Å². The number of halogens is 1. The zero-order valence-electron chi connectivity index (χ0n) is 16.2. The van der Waals surface area contributed by atoms with E-state index in [9.17, 15) is 9.18 Å². The molecule has 26 heavy (non-hydrogen) atoms. The maximum Gasteiger partial charge on any atom is 0.237 e. The first-order valence-electron chi connectivity index (χ1n) is 9.12. The molecule has 1 aromatic rings. The topological polar surface area (TPSA) is 67.9 Å².